The number of ether oxygens (including phenoxy) is 3. The van der Waals surface area contributed by atoms with Crippen molar-refractivity contribution in [2.45, 2.75) is 69.9 Å². The highest BCUT2D eigenvalue weighted by Crippen LogP contribution is 2.31. The minimum atomic E-state index is -0.377. The molecule has 3 fully saturated rings. The third kappa shape index (κ3) is 6.85. The minimum absolute atomic E-state index is 0.103. The topological polar surface area (TPSA) is 79.5 Å². The van der Waals surface area contributed by atoms with Crippen LogP contribution in [0, 0.1) is 5.82 Å². The van der Waals surface area contributed by atoms with E-state index in [2.05, 4.69) is 50.7 Å². The molecule has 3 saturated heterocycles. The van der Waals surface area contributed by atoms with Crippen LogP contribution in [0.1, 0.15) is 61.1 Å². The van der Waals surface area contributed by atoms with E-state index in [1.54, 1.807) is 12.1 Å². The quantitative estimate of drug-likeness (QED) is 0.156. The maximum absolute atomic E-state index is 14.2. The monoisotopic (exact) mass is 670 g/mol. The molecule has 3 aliphatic rings. The molecule has 0 radical (unpaired) electrons. The van der Waals surface area contributed by atoms with E-state index in [1.165, 1.54) is 6.07 Å². The molecule has 9 nitrogen and oxygen atoms in total. The molecular formula is C37H40ClFN6O3. The van der Waals surface area contributed by atoms with Crippen LogP contribution in [-0.2, 0) is 29.2 Å². The number of nitrogens with zero attached hydrogens (tertiary/aromatic N) is 6. The molecule has 11 heteroatoms. The van der Waals surface area contributed by atoms with Crippen molar-refractivity contribution in [3.63, 3.8) is 0 Å². The van der Waals surface area contributed by atoms with Crippen LogP contribution in [0.2, 0.25) is 5.02 Å². The van der Waals surface area contributed by atoms with Crippen molar-refractivity contribution in [3.8, 4) is 17.1 Å². The number of benzene rings is 2. The zero-order valence-electron chi connectivity index (χ0n) is 26.9. The molecule has 0 N–H and O–H groups in total. The lowest BCUT2D eigenvalue weighted by atomic mass is 9.93. The number of rotatable bonds is 10. The van der Waals surface area contributed by atoms with Crippen LogP contribution in [0.15, 0.2) is 66.9 Å². The summed E-state index contributed by atoms with van der Waals surface area (Å²) in [4.78, 5) is 12.5. The number of hydrogen-bond acceptors (Lipinski definition) is 7. The van der Waals surface area contributed by atoms with Gasteiger partial charge in [-0.25, -0.2) is 14.4 Å². The fourth-order valence-corrected chi connectivity index (χ4v) is 7.20. The molecule has 8 rings (SSSR count). The number of imidazole rings is 1. The van der Waals surface area contributed by atoms with Crippen molar-refractivity contribution in [1.29, 1.82) is 0 Å². The van der Waals surface area contributed by atoms with E-state index in [-0.39, 0.29) is 18.5 Å². The molecule has 0 spiro atoms. The Morgan fingerprint density at radius 3 is 2.65 bits per heavy atom. The highest BCUT2D eigenvalue weighted by Gasteiger charge is 2.26. The molecule has 3 aliphatic heterocycles. The first-order valence-corrected chi connectivity index (χ1v) is 17.4. The molecule has 0 saturated carbocycles. The van der Waals surface area contributed by atoms with Gasteiger partial charge in [0.25, 0.3) is 0 Å². The summed E-state index contributed by atoms with van der Waals surface area (Å²) in [6, 6.07) is 19.4. The summed E-state index contributed by atoms with van der Waals surface area (Å²) in [6.07, 6.45) is 7.54. The van der Waals surface area contributed by atoms with Crippen LogP contribution < -0.4 is 4.74 Å². The van der Waals surface area contributed by atoms with Gasteiger partial charge in [-0.3, -0.25) is 9.58 Å². The van der Waals surface area contributed by atoms with Gasteiger partial charge in [0.2, 0.25) is 5.88 Å². The third-order valence-corrected chi connectivity index (χ3v) is 10.2. The number of halogens is 2. The lowest BCUT2D eigenvalue weighted by Gasteiger charge is -2.32. The van der Waals surface area contributed by atoms with E-state index in [4.69, 9.17) is 40.9 Å². The SMILES string of the molecule is Fc1cc(Cl)ccc1COc1cccc(C2CCN(Cc3nc4cc(-c5ccn(C6CCCOC6)n5)ccc4n3C[C@@H]3CCO3)CC2)n1. The summed E-state index contributed by atoms with van der Waals surface area (Å²) in [6.45, 7) is 5.99. The van der Waals surface area contributed by atoms with Crippen molar-refractivity contribution in [2.75, 3.05) is 32.9 Å². The Hall–Kier alpha value is -3.83. The van der Waals surface area contributed by atoms with Gasteiger partial charge in [-0.15, -0.1) is 0 Å². The zero-order valence-corrected chi connectivity index (χ0v) is 27.7. The van der Waals surface area contributed by atoms with Gasteiger partial charge in [0.15, 0.2) is 0 Å². The first-order chi connectivity index (χ1) is 23.6. The van der Waals surface area contributed by atoms with Crippen LogP contribution in [-0.4, -0.2) is 68.2 Å². The predicted molar refractivity (Wildman–Crippen MR) is 182 cm³/mol. The Kier molecular flexibility index (Phi) is 9.14. The van der Waals surface area contributed by atoms with E-state index in [0.29, 0.717) is 28.4 Å². The molecule has 6 heterocycles. The second kappa shape index (κ2) is 14.0. The smallest absolute Gasteiger partial charge is 0.213 e. The van der Waals surface area contributed by atoms with E-state index in [9.17, 15) is 4.39 Å². The number of piperidine rings is 1. The number of likely N-dealkylation sites (tertiary alicyclic amines) is 1. The molecular weight excluding hydrogens is 631 g/mol. The number of aromatic nitrogens is 5. The first kappa shape index (κ1) is 31.4. The standard InChI is InChI=1S/C37H40ClFN6O3/c38-28-8-6-27(31(39)20-28)23-48-37-5-1-4-32(41-37)25-10-14-43(15-11-25)22-36-40-34-19-26(7-9-35(34)44(36)21-30-13-18-47-30)33-12-16-45(42-33)29-3-2-17-46-24-29/h1,4-9,12,16,19-20,25,29-30H,2-3,10-11,13-15,17-18,21-24H2/t29?,30-/m0/s1. The molecule has 0 amide bonds. The van der Waals surface area contributed by atoms with Gasteiger partial charge in [-0.1, -0.05) is 29.8 Å². The Labute approximate surface area is 284 Å². The second-order valence-corrected chi connectivity index (χ2v) is 13.6. The molecule has 48 heavy (non-hydrogen) atoms. The van der Waals surface area contributed by atoms with Gasteiger partial charge in [0, 0.05) is 53.2 Å². The van der Waals surface area contributed by atoms with Crippen LogP contribution in [0.3, 0.4) is 0 Å². The van der Waals surface area contributed by atoms with Crippen molar-refractivity contribution < 1.29 is 18.6 Å². The predicted octanol–water partition coefficient (Wildman–Crippen LogP) is 7.19. The Bertz CT molecular complexity index is 1880. The highest BCUT2D eigenvalue weighted by atomic mass is 35.5. The summed E-state index contributed by atoms with van der Waals surface area (Å²) >= 11 is 5.89. The fraction of sp³-hybridized carbons (Fsp3) is 0.432. The summed E-state index contributed by atoms with van der Waals surface area (Å²) in [5, 5.41) is 5.28. The Balaban J connectivity index is 0.941. The van der Waals surface area contributed by atoms with Gasteiger partial charge in [0.05, 0.1) is 48.6 Å². The number of pyridine rings is 1. The molecule has 250 valence electrons. The van der Waals surface area contributed by atoms with Gasteiger partial charge in [-0.2, -0.15) is 5.10 Å². The largest absolute Gasteiger partial charge is 0.473 e. The van der Waals surface area contributed by atoms with Gasteiger partial charge in [-0.05, 0) is 81.6 Å². The average molecular weight is 671 g/mol. The lowest BCUT2D eigenvalue weighted by Crippen LogP contribution is -2.35. The van der Waals surface area contributed by atoms with E-state index >= 15 is 0 Å². The lowest BCUT2D eigenvalue weighted by molar-refractivity contribution is -0.0592. The van der Waals surface area contributed by atoms with Gasteiger partial charge >= 0.3 is 0 Å². The van der Waals surface area contributed by atoms with Crippen molar-refractivity contribution in [1.82, 2.24) is 29.2 Å². The summed E-state index contributed by atoms with van der Waals surface area (Å²) in [5.74, 6) is 1.54. The summed E-state index contributed by atoms with van der Waals surface area (Å²) in [5.41, 5.74) is 5.64. The second-order valence-electron chi connectivity index (χ2n) is 13.2. The zero-order chi connectivity index (χ0) is 32.5. The van der Waals surface area contributed by atoms with E-state index < -0.39 is 0 Å². The maximum Gasteiger partial charge on any atom is 0.213 e. The summed E-state index contributed by atoms with van der Waals surface area (Å²) in [7, 11) is 0. The van der Waals surface area contributed by atoms with Crippen LogP contribution in [0.25, 0.3) is 22.3 Å². The molecule has 2 atom stereocenters. The third-order valence-electron chi connectivity index (χ3n) is 9.93. The van der Waals surface area contributed by atoms with E-state index in [0.717, 1.165) is 112 Å². The summed E-state index contributed by atoms with van der Waals surface area (Å²) < 4.78 is 36.0. The molecule has 3 aromatic heterocycles. The van der Waals surface area contributed by atoms with Crippen molar-refractivity contribution >= 4 is 22.6 Å². The molecule has 0 bridgehead atoms. The van der Waals surface area contributed by atoms with Crippen molar-refractivity contribution in [3.05, 3.63) is 94.8 Å². The Morgan fingerprint density at radius 1 is 0.958 bits per heavy atom. The van der Waals surface area contributed by atoms with Gasteiger partial charge in [0.1, 0.15) is 18.2 Å². The molecule has 2 aromatic carbocycles. The fourth-order valence-electron chi connectivity index (χ4n) is 7.04. The van der Waals surface area contributed by atoms with E-state index in [1.807, 2.05) is 12.1 Å². The minimum Gasteiger partial charge on any atom is -0.473 e. The van der Waals surface area contributed by atoms with Crippen LogP contribution >= 0.6 is 11.6 Å². The average Bonchev–Trinajstić information content (AvgIpc) is 3.72. The molecule has 5 aromatic rings. The normalized spacial score (nSPS) is 20.6. The number of hydrogen-bond donors (Lipinski definition) is 0. The Morgan fingerprint density at radius 2 is 1.85 bits per heavy atom. The highest BCUT2D eigenvalue weighted by molar-refractivity contribution is 6.30. The van der Waals surface area contributed by atoms with Crippen LogP contribution in [0.4, 0.5) is 4.39 Å². The first-order valence-electron chi connectivity index (χ1n) is 17.1. The molecule has 1 unspecified atom stereocenters. The van der Waals surface area contributed by atoms with Gasteiger partial charge < -0.3 is 18.8 Å². The van der Waals surface area contributed by atoms with Crippen LogP contribution in [0.5, 0.6) is 5.88 Å². The number of fused-ring (bicyclic) bond motifs is 1. The maximum atomic E-state index is 14.2. The van der Waals surface area contributed by atoms with Crippen molar-refractivity contribution in [2.24, 2.45) is 0 Å². The molecule has 0 aliphatic carbocycles.